The predicted octanol–water partition coefficient (Wildman–Crippen LogP) is 6.33. The normalized spacial score (nSPS) is 16.3. The van der Waals surface area contributed by atoms with Crippen LogP contribution in [0.5, 0.6) is 11.5 Å². The monoisotopic (exact) mass is 380 g/mol. The van der Waals surface area contributed by atoms with Gasteiger partial charge < -0.3 is 9.64 Å². The van der Waals surface area contributed by atoms with Crippen molar-refractivity contribution in [2.24, 2.45) is 0 Å². The predicted molar refractivity (Wildman–Crippen MR) is 119 cm³/mol. The number of benzene rings is 3. The Balaban J connectivity index is 1.48. The van der Waals surface area contributed by atoms with E-state index in [9.17, 15) is 0 Å². The summed E-state index contributed by atoms with van der Waals surface area (Å²) in [4.78, 5) is 7.25. The fraction of sp³-hybridized carbons (Fsp3) is 0.192. The van der Waals surface area contributed by atoms with Crippen molar-refractivity contribution < 1.29 is 4.74 Å². The molecular weight excluding hydrogens is 356 g/mol. The van der Waals surface area contributed by atoms with E-state index in [1.165, 1.54) is 17.7 Å². The SMILES string of the molecule is Cc1cc(N2CCC(c3ccccc3)C2)c2cc(Oc3ccccc3)ccc2n1. The quantitative estimate of drug-likeness (QED) is 0.414. The van der Waals surface area contributed by atoms with Gasteiger partial charge in [-0.05, 0) is 55.3 Å². The highest BCUT2D eigenvalue weighted by Gasteiger charge is 2.25. The van der Waals surface area contributed by atoms with Gasteiger partial charge in [0.05, 0.1) is 5.52 Å². The van der Waals surface area contributed by atoms with Crippen LogP contribution in [0.4, 0.5) is 5.69 Å². The highest BCUT2D eigenvalue weighted by Crippen LogP contribution is 2.36. The Morgan fingerprint density at radius 3 is 2.41 bits per heavy atom. The largest absolute Gasteiger partial charge is 0.457 e. The third-order valence-electron chi connectivity index (χ3n) is 5.67. The zero-order valence-corrected chi connectivity index (χ0v) is 16.6. The minimum absolute atomic E-state index is 0.573. The minimum atomic E-state index is 0.573. The van der Waals surface area contributed by atoms with Crippen molar-refractivity contribution in [1.29, 1.82) is 0 Å². The number of hydrogen-bond acceptors (Lipinski definition) is 3. The highest BCUT2D eigenvalue weighted by atomic mass is 16.5. The lowest BCUT2D eigenvalue weighted by Crippen LogP contribution is -2.19. The molecule has 29 heavy (non-hydrogen) atoms. The summed E-state index contributed by atoms with van der Waals surface area (Å²) in [6.07, 6.45) is 1.17. The van der Waals surface area contributed by atoms with Crippen LogP contribution in [0.2, 0.25) is 0 Å². The summed E-state index contributed by atoms with van der Waals surface area (Å²) < 4.78 is 6.08. The molecule has 5 rings (SSSR count). The minimum Gasteiger partial charge on any atom is -0.457 e. The maximum Gasteiger partial charge on any atom is 0.128 e. The third kappa shape index (κ3) is 3.68. The Bertz CT molecular complexity index is 1130. The van der Waals surface area contributed by atoms with Crippen molar-refractivity contribution >= 4 is 16.6 Å². The second-order valence-corrected chi connectivity index (χ2v) is 7.72. The van der Waals surface area contributed by atoms with Crippen molar-refractivity contribution in [2.45, 2.75) is 19.3 Å². The number of rotatable bonds is 4. The summed E-state index contributed by atoms with van der Waals surface area (Å²) >= 11 is 0. The topological polar surface area (TPSA) is 25.4 Å². The van der Waals surface area contributed by atoms with Crippen molar-refractivity contribution in [1.82, 2.24) is 4.98 Å². The molecule has 0 saturated carbocycles. The molecule has 3 nitrogen and oxygen atoms in total. The molecule has 4 aromatic rings. The van der Waals surface area contributed by atoms with Crippen LogP contribution in [0.3, 0.4) is 0 Å². The van der Waals surface area contributed by atoms with E-state index in [0.717, 1.165) is 41.2 Å². The Morgan fingerprint density at radius 1 is 0.862 bits per heavy atom. The first kappa shape index (κ1) is 17.7. The van der Waals surface area contributed by atoms with Crippen LogP contribution >= 0.6 is 0 Å². The fourth-order valence-corrected chi connectivity index (χ4v) is 4.24. The van der Waals surface area contributed by atoms with E-state index < -0.39 is 0 Å². The van der Waals surface area contributed by atoms with Gasteiger partial charge in [0, 0.05) is 35.8 Å². The number of hydrogen-bond donors (Lipinski definition) is 0. The molecule has 1 atom stereocenters. The molecule has 1 unspecified atom stereocenters. The molecule has 1 aliphatic heterocycles. The van der Waals surface area contributed by atoms with Crippen LogP contribution < -0.4 is 9.64 Å². The smallest absolute Gasteiger partial charge is 0.128 e. The van der Waals surface area contributed by atoms with Crippen molar-refractivity contribution in [3.05, 3.63) is 96.2 Å². The number of anilines is 1. The van der Waals surface area contributed by atoms with Crippen LogP contribution in [0.15, 0.2) is 84.9 Å². The summed E-state index contributed by atoms with van der Waals surface area (Å²) in [5.74, 6) is 2.26. The summed E-state index contributed by atoms with van der Waals surface area (Å²) in [5.41, 5.74) is 4.75. The summed E-state index contributed by atoms with van der Waals surface area (Å²) in [6, 6.07) is 29.2. The number of fused-ring (bicyclic) bond motifs is 1. The molecule has 2 heterocycles. The van der Waals surface area contributed by atoms with Crippen LogP contribution in [0.25, 0.3) is 10.9 Å². The number of ether oxygens (including phenoxy) is 1. The second kappa shape index (κ2) is 7.59. The molecule has 3 aromatic carbocycles. The van der Waals surface area contributed by atoms with Gasteiger partial charge >= 0.3 is 0 Å². The van der Waals surface area contributed by atoms with E-state index in [0.29, 0.717) is 5.92 Å². The second-order valence-electron chi connectivity index (χ2n) is 7.72. The van der Waals surface area contributed by atoms with Gasteiger partial charge in [0.1, 0.15) is 11.5 Å². The van der Waals surface area contributed by atoms with E-state index in [1.807, 2.05) is 36.4 Å². The lowest BCUT2D eigenvalue weighted by Gasteiger charge is -2.22. The maximum absolute atomic E-state index is 6.08. The standard InChI is InChI=1S/C26H24N2O/c1-19-16-26(28-15-14-21(18-28)20-8-4-2-5-9-20)24-17-23(12-13-25(24)27-19)29-22-10-6-3-7-11-22/h2-13,16-17,21H,14-15,18H2,1H3. The number of para-hydroxylation sites is 1. The molecule has 0 spiro atoms. The van der Waals surface area contributed by atoms with Gasteiger partial charge in [0.25, 0.3) is 0 Å². The number of pyridine rings is 1. The Hall–Kier alpha value is -3.33. The molecule has 1 saturated heterocycles. The van der Waals surface area contributed by atoms with Gasteiger partial charge in [-0.2, -0.15) is 0 Å². The maximum atomic E-state index is 6.08. The van der Waals surface area contributed by atoms with Crippen LogP contribution in [-0.2, 0) is 0 Å². The Kier molecular flexibility index (Phi) is 4.65. The van der Waals surface area contributed by atoms with Gasteiger partial charge in [-0.1, -0.05) is 48.5 Å². The summed E-state index contributed by atoms with van der Waals surface area (Å²) in [5, 5.41) is 1.15. The molecule has 1 aromatic heterocycles. The van der Waals surface area contributed by atoms with E-state index >= 15 is 0 Å². The van der Waals surface area contributed by atoms with E-state index in [2.05, 4.69) is 60.4 Å². The average molecular weight is 380 g/mol. The third-order valence-corrected chi connectivity index (χ3v) is 5.67. The van der Waals surface area contributed by atoms with Gasteiger partial charge in [0.2, 0.25) is 0 Å². The molecule has 0 aliphatic carbocycles. The first-order valence-electron chi connectivity index (χ1n) is 10.2. The highest BCUT2D eigenvalue weighted by molar-refractivity contribution is 5.93. The van der Waals surface area contributed by atoms with E-state index in [-0.39, 0.29) is 0 Å². The Labute approximate surface area is 171 Å². The van der Waals surface area contributed by atoms with Gasteiger partial charge in [-0.25, -0.2) is 0 Å². The molecule has 0 bridgehead atoms. The molecule has 0 radical (unpaired) electrons. The first-order valence-corrected chi connectivity index (χ1v) is 10.2. The van der Waals surface area contributed by atoms with Gasteiger partial charge in [-0.15, -0.1) is 0 Å². The van der Waals surface area contributed by atoms with Crippen LogP contribution in [-0.4, -0.2) is 18.1 Å². The van der Waals surface area contributed by atoms with Gasteiger partial charge in [0.15, 0.2) is 0 Å². The first-order chi connectivity index (χ1) is 14.3. The molecule has 1 fully saturated rings. The average Bonchev–Trinajstić information content (AvgIpc) is 3.25. The zero-order chi connectivity index (χ0) is 19.6. The lowest BCUT2D eigenvalue weighted by molar-refractivity contribution is 0.483. The van der Waals surface area contributed by atoms with Crippen molar-refractivity contribution in [3.8, 4) is 11.5 Å². The summed E-state index contributed by atoms with van der Waals surface area (Å²) in [6.45, 7) is 4.16. The van der Waals surface area contributed by atoms with E-state index in [4.69, 9.17) is 9.72 Å². The molecule has 3 heteroatoms. The molecule has 1 aliphatic rings. The van der Waals surface area contributed by atoms with Crippen molar-refractivity contribution in [3.63, 3.8) is 0 Å². The zero-order valence-electron chi connectivity index (χ0n) is 16.6. The van der Waals surface area contributed by atoms with Gasteiger partial charge in [-0.3, -0.25) is 4.98 Å². The molecular formula is C26H24N2O. The molecule has 0 amide bonds. The van der Waals surface area contributed by atoms with Crippen LogP contribution in [0, 0.1) is 6.92 Å². The lowest BCUT2D eigenvalue weighted by atomic mass is 9.99. The molecule has 144 valence electrons. The number of aromatic nitrogens is 1. The van der Waals surface area contributed by atoms with E-state index in [1.54, 1.807) is 0 Å². The van der Waals surface area contributed by atoms with Crippen LogP contribution in [0.1, 0.15) is 23.6 Å². The van der Waals surface area contributed by atoms with Crippen molar-refractivity contribution in [2.75, 3.05) is 18.0 Å². The Morgan fingerprint density at radius 2 is 1.62 bits per heavy atom. The molecule has 0 N–H and O–H groups in total. The number of nitrogens with zero attached hydrogens (tertiary/aromatic N) is 2. The summed E-state index contributed by atoms with van der Waals surface area (Å²) in [7, 11) is 0. The fourth-order valence-electron chi connectivity index (χ4n) is 4.24. The number of aryl methyl sites for hydroxylation is 1.